The number of para-hydroxylation sites is 1. The number of hydrogen-bond donors (Lipinski definition) is 1. The Morgan fingerprint density at radius 3 is 2.80 bits per heavy atom. The molecule has 4 nitrogen and oxygen atoms in total. The molecule has 0 saturated heterocycles. The minimum Gasteiger partial charge on any atom is -0.459 e. The zero-order valence-electron chi connectivity index (χ0n) is 12.4. The molecule has 2 aromatic rings. The fourth-order valence-electron chi connectivity index (χ4n) is 2.27. The number of hydrogen-bond acceptors (Lipinski definition) is 4. The fourth-order valence-corrected chi connectivity index (χ4v) is 2.27. The van der Waals surface area contributed by atoms with E-state index in [1.54, 1.807) is 7.11 Å². The highest BCUT2D eigenvalue weighted by Gasteiger charge is 2.15. The summed E-state index contributed by atoms with van der Waals surface area (Å²) in [6, 6.07) is 8.48. The molecule has 0 fully saturated rings. The van der Waals surface area contributed by atoms with Crippen LogP contribution in [0.3, 0.4) is 0 Å². The van der Waals surface area contributed by atoms with E-state index < -0.39 is 0 Å². The second-order valence-corrected chi connectivity index (χ2v) is 4.88. The topological polar surface area (TPSA) is 43.6 Å². The molecule has 4 heteroatoms. The van der Waals surface area contributed by atoms with E-state index in [2.05, 4.69) is 36.5 Å². The van der Waals surface area contributed by atoms with Gasteiger partial charge in [0.2, 0.25) is 0 Å². The molecule has 1 N–H and O–H groups in total. The van der Waals surface area contributed by atoms with Gasteiger partial charge in [0.1, 0.15) is 11.3 Å². The highest BCUT2D eigenvalue weighted by atomic mass is 16.5. The predicted octanol–water partition coefficient (Wildman–Crippen LogP) is 3.05. The molecule has 0 bridgehead atoms. The lowest BCUT2D eigenvalue weighted by molar-refractivity contribution is 0.0652. The van der Waals surface area contributed by atoms with Gasteiger partial charge in [-0.05, 0) is 32.0 Å². The van der Waals surface area contributed by atoms with Crippen molar-refractivity contribution in [2.45, 2.75) is 19.4 Å². The van der Waals surface area contributed by atoms with E-state index in [0.29, 0.717) is 19.8 Å². The summed E-state index contributed by atoms with van der Waals surface area (Å²) < 4.78 is 16.5. The number of benzene rings is 1. The van der Waals surface area contributed by atoms with Crippen molar-refractivity contribution in [3.05, 3.63) is 35.6 Å². The minimum atomic E-state index is 0.171. The maximum absolute atomic E-state index is 5.99. The van der Waals surface area contributed by atoms with Gasteiger partial charge in [-0.2, -0.15) is 0 Å². The predicted molar refractivity (Wildman–Crippen MR) is 80.1 cm³/mol. The summed E-state index contributed by atoms with van der Waals surface area (Å²) in [5.74, 6) is 0.965. The Balaban J connectivity index is 2.00. The van der Waals surface area contributed by atoms with Gasteiger partial charge in [-0.25, -0.2) is 0 Å². The van der Waals surface area contributed by atoms with Crippen LogP contribution in [0.4, 0.5) is 0 Å². The molecule has 2 rings (SSSR count). The summed E-state index contributed by atoms with van der Waals surface area (Å²) >= 11 is 0. The van der Waals surface area contributed by atoms with Crippen molar-refractivity contribution in [1.29, 1.82) is 0 Å². The SMILES string of the molecule is CNC(CCOCCOC)c1cc2cccc(C)c2o1. The molecule has 1 aromatic heterocycles. The molecule has 0 saturated carbocycles. The Labute approximate surface area is 120 Å². The van der Waals surface area contributed by atoms with Gasteiger partial charge in [-0.15, -0.1) is 0 Å². The van der Waals surface area contributed by atoms with Crippen LogP contribution in [-0.4, -0.2) is 34.0 Å². The first-order valence-electron chi connectivity index (χ1n) is 6.99. The van der Waals surface area contributed by atoms with Crippen molar-refractivity contribution >= 4 is 11.0 Å². The van der Waals surface area contributed by atoms with Crippen molar-refractivity contribution in [3.8, 4) is 0 Å². The Kier molecular flexibility index (Phi) is 5.59. The number of methoxy groups -OCH3 is 1. The zero-order valence-corrected chi connectivity index (χ0v) is 12.4. The molecule has 1 unspecified atom stereocenters. The first-order valence-corrected chi connectivity index (χ1v) is 6.99. The van der Waals surface area contributed by atoms with E-state index >= 15 is 0 Å². The van der Waals surface area contributed by atoms with Crippen LogP contribution in [0, 0.1) is 6.92 Å². The molecular formula is C16H23NO3. The van der Waals surface area contributed by atoms with Crippen LogP contribution in [0.5, 0.6) is 0 Å². The minimum absolute atomic E-state index is 0.171. The Bertz CT molecular complexity index is 536. The van der Waals surface area contributed by atoms with Crippen LogP contribution >= 0.6 is 0 Å². The molecule has 1 atom stereocenters. The third-order valence-electron chi connectivity index (χ3n) is 3.43. The second-order valence-electron chi connectivity index (χ2n) is 4.88. The summed E-state index contributed by atoms with van der Waals surface area (Å²) in [7, 11) is 3.62. The highest BCUT2D eigenvalue weighted by molar-refractivity contribution is 5.80. The average Bonchev–Trinajstić information content (AvgIpc) is 2.88. The quantitative estimate of drug-likeness (QED) is 0.753. The first kappa shape index (κ1) is 15.0. The van der Waals surface area contributed by atoms with E-state index in [9.17, 15) is 0 Å². The van der Waals surface area contributed by atoms with Gasteiger partial charge in [0, 0.05) is 19.1 Å². The lowest BCUT2D eigenvalue weighted by Crippen LogP contribution is -2.18. The summed E-state index contributed by atoms with van der Waals surface area (Å²) in [6.07, 6.45) is 0.874. The number of nitrogens with one attached hydrogen (secondary N) is 1. The van der Waals surface area contributed by atoms with Gasteiger partial charge >= 0.3 is 0 Å². The molecule has 0 radical (unpaired) electrons. The number of fused-ring (bicyclic) bond motifs is 1. The molecule has 0 spiro atoms. The first-order chi connectivity index (χ1) is 9.76. The van der Waals surface area contributed by atoms with Crippen molar-refractivity contribution in [2.75, 3.05) is 34.0 Å². The van der Waals surface area contributed by atoms with Gasteiger partial charge in [0.25, 0.3) is 0 Å². The number of furan rings is 1. The third-order valence-corrected chi connectivity index (χ3v) is 3.43. The van der Waals surface area contributed by atoms with Gasteiger partial charge < -0.3 is 19.2 Å². The fraction of sp³-hybridized carbons (Fsp3) is 0.500. The van der Waals surface area contributed by atoms with Crippen LogP contribution in [0.25, 0.3) is 11.0 Å². The van der Waals surface area contributed by atoms with Crippen LogP contribution in [0.1, 0.15) is 23.8 Å². The van der Waals surface area contributed by atoms with E-state index in [0.717, 1.165) is 23.2 Å². The van der Waals surface area contributed by atoms with Crippen LogP contribution in [-0.2, 0) is 9.47 Å². The van der Waals surface area contributed by atoms with Crippen LogP contribution < -0.4 is 5.32 Å². The van der Waals surface area contributed by atoms with E-state index in [-0.39, 0.29) is 6.04 Å². The number of aryl methyl sites for hydroxylation is 1. The van der Waals surface area contributed by atoms with Crippen molar-refractivity contribution in [1.82, 2.24) is 5.32 Å². The van der Waals surface area contributed by atoms with Gasteiger partial charge in [0.05, 0.1) is 19.3 Å². The number of ether oxygens (including phenoxy) is 2. The third kappa shape index (κ3) is 3.60. The Morgan fingerprint density at radius 1 is 1.25 bits per heavy atom. The second kappa shape index (κ2) is 7.43. The molecule has 1 aromatic carbocycles. The Hall–Kier alpha value is -1.36. The van der Waals surface area contributed by atoms with E-state index in [1.807, 2.05) is 7.05 Å². The average molecular weight is 277 g/mol. The van der Waals surface area contributed by atoms with Crippen molar-refractivity contribution in [2.24, 2.45) is 0 Å². The van der Waals surface area contributed by atoms with E-state index in [1.165, 1.54) is 5.56 Å². The highest BCUT2D eigenvalue weighted by Crippen LogP contribution is 2.27. The van der Waals surface area contributed by atoms with Gasteiger partial charge in [-0.3, -0.25) is 0 Å². The monoisotopic (exact) mass is 277 g/mol. The molecule has 0 amide bonds. The molecule has 0 aliphatic heterocycles. The summed E-state index contributed by atoms with van der Waals surface area (Å²) in [5.41, 5.74) is 2.14. The lowest BCUT2D eigenvalue weighted by Gasteiger charge is -2.13. The standard InChI is InChI=1S/C16H23NO3/c1-12-5-4-6-13-11-15(20-16(12)13)14(17-2)7-8-19-10-9-18-3/h4-6,11,14,17H,7-10H2,1-3H3. The van der Waals surface area contributed by atoms with Gasteiger partial charge in [-0.1, -0.05) is 18.2 Å². The maximum atomic E-state index is 5.99. The largest absolute Gasteiger partial charge is 0.459 e. The summed E-state index contributed by atoms with van der Waals surface area (Å²) in [4.78, 5) is 0. The Morgan fingerprint density at radius 2 is 2.10 bits per heavy atom. The number of rotatable bonds is 8. The molecule has 0 aliphatic rings. The lowest BCUT2D eigenvalue weighted by atomic mass is 10.1. The molecular weight excluding hydrogens is 254 g/mol. The van der Waals surface area contributed by atoms with Crippen LogP contribution in [0.15, 0.2) is 28.7 Å². The maximum Gasteiger partial charge on any atom is 0.137 e. The van der Waals surface area contributed by atoms with Gasteiger partial charge in [0.15, 0.2) is 0 Å². The smallest absolute Gasteiger partial charge is 0.137 e. The molecule has 20 heavy (non-hydrogen) atoms. The van der Waals surface area contributed by atoms with Crippen LogP contribution in [0.2, 0.25) is 0 Å². The van der Waals surface area contributed by atoms with E-state index in [4.69, 9.17) is 13.9 Å². The zero-order chi connectivity index (χ0) is 14.4. The molecule has 1 heterocycles. The molecule has 0 aliphatic carbocycles. The molecule has 110 valence electrons. The normalized spacial score (nSPS) is 12.9. The summed E-state index contributed by atoms with van der Waals surface area (Å²) in [5, 5.41) is 4.44. The van der Waals surface area contributed by atoms with Crippen molar-refractivity contribution < 1.29 is 13.9 Å². The van der Waals surface area contributed by atoms with Crippen molar-refractivity contribution in [3.63, 3.8) is 0 Å². The summed E-state index contributed by atoms with van der Waals surface area (Å²) in [6.45, 7) is 4.02.